The standard InChI is InChI=1S/C15H23NS/c1-17-10-6-2-5-9-16-15-11-13-7-3-4-8-14(13)12-15/h3-4,7-8,15-16H,2,5-6,9-12H2,1H3. The van der Waals surface area contributed by atoms with Gasteiger partial charge in [-0.3, -0.25) is 0 Å². The quantitative estimate of drug-likeness (QED) is 0.744. The van der Waals surface area contributed by atoms with Crippen molar-refractivity contribution < 1.29 is 0 Å². The summed E-state index contributed by atoms with van der Waals surface area (Å²) in [6.45, 7) is 1.19. The molecule has 0 aromatic heterocycles. The molecule has 0 radical (unpaired) electrons. The van der Waals surface area contributed by atoms with Crippen LogP contribution in [0, 0.1) is 0 Å². The summed E-state index contributed by atoms with van der Waals surface area (Å²) < 4.78 is 0. The third-order valence-electron chi connectivity index (χ3n) is 3.51. The van der Waals surface area contributed by atoms with E-state index in [9.17, 15) is 0 Å². The Hall–Kier alpha value is -0.470. The normalized spacial score (nSPS) is 15.1. The van der Waals surface area contributed by atoms with Crippen LogP contribution in [0.2, 0.25) is 0 Å². The molecule has 0 fully saturated rings. The Bertz CT molecular complexity index is 312. The van der Waals surface area contributed by atoms with Crippen LogP contribution < -0.4 is 5.32 Å². The fourth-order valence-electron chi connectivity index (χ4n) is 2.56. The van der Waals surface area contributed by atoms with Gasteiger partial charge in [-0.25, -0.2) is 0 Å². The summed E-state index contributed by atoms with van der Waals surface area (Å²) in [4.78, 5) is 0. The second-order valence-corrected chi connectivity index (χ2v) is 5.87. The minimum absolute atomic E-state index is 0.688. The van der Waals surface area contributed by atoms with Crippen molar-refractivity contribution in [1.29, 1.82) is 0 Å². The van der Waals surface area contributed by atoms with Gasteiger partial charge in [0.2, 0.25) is 0 Å². The second-order valence-electron chi connectivity index (χ2n) is 4.88. The zero-order chi connectivity index (χ0) is 11.9. The van der Waals surface area contributed by atoms with Gasteiger partial charge in [-0.2, -0.15) is 11.8 Å². The van der Waals surface area contributed by atoms with E-state index in [2.05, 4.69) is 35.8 Å². The van der Waals surface area contributed by atoms with E-state index in [1.54, 1.807) is 11.1 Å². The first-order valence-electron chi connectivity index (χ1n) is 6.69. The van der Waals surface area contributed by atoms with E-state index in [1.807, 2.05) is 11.8 Å². The summed E-state index contributed by atoms with van der Waals surface area (Å²) in [5.74, 6) is 1.31. The molecular weight excluding hydrogens is 226 g/mol. The number of nitrogens with one attached hydrogen (secondary N) is 1. The lowest BCUT2D eigenvalue weighted by molar-refractivity contribution is 0.513. The van der Waals surface area contributed by atoms with Crippen molar-refractivity contribution in [1.82, 2.24) is 5.32 Å². The highest BCUT2D eigenvalue weighted by atomic mass is 32.2. The monoisotopic (exact) mass is 249 g/mol. The molecule has 1 aromatic rings. The van der Waals surface area contributed by atoms with Gasteiger partial charge in [0.05, 0.1) is 0 Å². The fraction of sp³-hybridized carbons (Fsp3) is 0.600. The van der Waals surface area contributed by atoms with Gasteiger partial charge in [0, 0.05) is 6.04 Å². The first kappa shape index (κ1) is 13.0. The van der Waals surface area contributed by atoms with E-state index in [0.717, 1.165) is 0 Å². The zero-order valence-corrected chi connectivity index (χ0v) is 11.6. The molecule has 0 saturated carbocycles. The molecule has 0 spiro atoms. The summed E-state index contributed by atoms with van der Waals surface area (Å²) in [7, 11) is 0. The predicted molar refractivity (Wildman–Crippen MR) is 77.9 cm³/mol. The van der Waals surface area contributed by atoms with Gasteiger partial charge in [0.15, 0.2) is 0 Å². The van der Waals surface area contributed by atoms with Crippen molar-refractivity contribution in [3.05, 3.63) is 35.4 Å². The highest BCUT2D eigenvalue weighted by Gasteiger charge is 2.19. The van der Waals surface area contributed by atoms with E-state index in [1.165, 1.54) is 44.4 Å². The van der Waals surface area contributed by atoms with Crippen LogP contribution in [0.1, 0.15) is 30.4 Å². The predicted octanol–water partition coefficient (Wildman–Crippen LogP) is 3.28. The summed E-state index contributed by atoms with van der Waals surface area (Å²) >= 11 is 1.96. The number of hydrogen-bond acceptors (Lipinski definition) is 2. The van der Waals surface area contributed by atoms with Crippen LogP contribution >= 0.6 is 11.8 Å². The first-order valence-corrected chi connectivity index (χ1v) is 8.08. The molecule has 17 heavy (non-hydrogen) atoms. The molecule has 0 bridgehead atoms. The molecular formula is C15H23NS. The molecule has 1 N–H and O–H groups in total. The minimum atomic E-state index is 0.688. The van der Waals surface area contributed by atoms with E-state index >= 15 is 0 Å². The number of rotatable bonds is 7. The van der Waals surface area contributed by atoms with Crippen molar-refractivity contribution >= 4 is 11.8 Å². The lowest BCUT2D eigenvalue weighted by Gasteiger charge is -2.11. The Morgan fingerprint density at radius 2 is 1.82 bits per heavy atom. The van der Waals surface area contributed by atoms with E-state index in [4.69, 9.17) is 0 Å². The Morgan fingerprint density at radius 3 is 2.47 bits per heavy atom. The lowest BCUT2D eigenvalue weighted by atomic mass is 10.1. The molecule has 2 rings (SSSR count). The first-order chi connectivity index (χ1) is 8.40. The smallest absolute Gasteiger partial charge is 0.0148 e. The SMILES string of the molecule is CSCCCCCNC1Cc2ccccc2C1. The van der Waals surface area contributed by atoms with Crippen molar-refractivity contribution in [3.8, 4) is 0 Å². The summed E-state index contributed by atoms with van der Waals surface area (Å²) in [6.07, 6.45) is 8.70. The molecule has 94 valence electrons. The van der Waals surface area contributed by atoms with Gasteiger partial charge in [0.1, 0.15) is 0 Å². The molecule has 0 atom stereocenters. The van der Waals surface area contributed by atoms with E-state index < -0.39 is 0 Å². The van der Waals surface area contributed by atoms with Crippen LogP contribution in [-0.2, 0) is 12.8 Å². The summed E-state index contributed by atoms with van der Waals surface area (Å²) in [6, 6.07) is 9.55. The van der Waals surface area contributed by atoms with Crippen LogP contribution in [0.5, 0.6) is 0 Å². The largest absolute Gasteiger partial charge is 0.313 e. The van der Waals surface area contributed by atoms with E-state index in [0.29, 0.717) is 6.04 Å². The van der Waals surface area contributed by atoms with Gasteiger partial charge in [0.25, 0.3) is 0 Å². The maximum absolute atomic E-state index is 3.70. The number of thioether (sulfide) groups is 1. The maximum atomic E-state index is 3.70. The molecule has 1 nitrogen and oxygen atoms in total. The van der Waals surface area contributed by atoms with Crippen LogP contribution in [0.4, 0.5) is 0 Å². The van der Waals surface area contributed by atoms with Gasteiger partial charge < -0.3 is 5.32 Å². The molecule has 0 amide bonds. The third-order valence-corrected chi connectivity index (χ3v) is 4.21. The number of hydrogen-bond donors (Lipinski definition) is 1. The van der Waals surface area contributed by atoms with Crippen molar-refractivity contribution in [2.75, 3.05) is 18.6 Å². The number of fused-ring (bicyclic) bond motifs is 1. The average Bonchev–Trinajstić information content (AvgIpc) is 2.76. The third kappa shape index (κ3) is 4.04. The molecule has 0 unspecified atom stereocenters. The highest BCUT2D eigenvalue weighted by molar-refractivity contribution is 7.98. The van der Waals surface area contributed by atoms with Gasteiger partial charge in [-0.05, 0) is 55.4 Å². The summed E-state index contributed by atoms with van der Waals surface area (Å²) in [5, 5.41) is 3.70. The summed E-state index contributed by atoms with van der Waals surface area (Å²) in [5.41, 5.74) is 3.10. The Balaban J connectivity index is 1.60. The van der Waals surface area contributed by atoms with Crippen LogP contribution in [0.25, 0.3) is 0 Å². The Morgan fingerprint density at radius 1 is 1.12 bits per heavy atom. The molecule has 0 aliphatic heterocycles. The Labute approximate surface area is 109 Å². The zero-order valence-electron chi connectivity index (χ0n) is 10.7. The van der Waals surface area contributed by atoms with Crippen LogP contribution in [0.15, 0.2) is 24.3 Å². The molecule has 1 aliphatic rings. The number of unbranched alkanes of at least 4 members (excludes halogenated alkanes) is 2. The molecule has 0 saturated heterocycles. The lowest BCUT2D eigenvalue weighted by Crippen LogP contribution is -2.30. The fourth-order valence-corrected chi connectivity index (χ4v) is 3.05. The topological polar surface area (TPSA) is 12.0 Å². The minimum Gasteiger partial charge on any atom is -0.313 e. The number of benzene rings is 1. The van der Waals surface area contributed by atoms with Gasteiger partial charge in [-0.15, -0.1) is 0 Å². The van der Waals surface area contributed by atoms with Gasteiger partial charge in [-0.1, -0.05) is 30.7 Å². The van der Waals surface area contributed by atoms with Gasteiger partial charge >= 0.3 is 0 Å². The molecule has 1 aliphatic carbocycles. The van der Waals surface area contributed by atoms with Crippen molar-refractivity contribution in [2.45, 2.75) is 38.1 Å². The highest BCUT2D eigenvalue weighted by Crippen LogP contribution is 2.21. The van der Waals surface area contributed by atoms with Crippen molar-refractivity contribution in [3.63, 3.8) is 0 Å². The Kier molecular flexibility index (Phi) is 5.40. The van der Waals surface area contributed by atoms with Crippen molar-refractivity contribution in [2.24, 2.45) is 0 Å². The van der Waals surface area contributed by atoms with E-state index in [-0.39, 0.29) is 0 Å². The molecule has 2 heteroatoms. The van der Waals surface area contributed by atoms with Crippen LogP contribution in [-0.4, -0.2) is 24.6 Å². The average molecular weight is 249 g/mol. The second kappa shape index (κ2) is 7.07. The molecule has 1 aromatic carbocycles. The maximum Gasteiger partial charge on any atom is 0.0148 e. The van der Waals surface area contributed by atoms with Crippen LogP contribution in [0.3, 0.4) is 0 Å². The molecule has 0 heterocycles.